The van der Waals surface area contributed by atoms with E-state index in [1.807, 2.05) is 48.0 Å². The average molecular weight is 449 g/mol. The lowest BCUT2D eigenvalue weighted by molar-refractivity contribution is -0.119. The van der Waals surface area contributed by atoms with Crippen LogP contribution < -0.4 is 14.8 Å². The van der Waals surface area contributed by atoms with Gasteiger partial charge in [-0.05, 0) is 42.8 Å². The van der Waals surface area contributed by atoms with Crippen molar-refractivity contribution in [1.29, 1.82) is 0 Å². The van der Waals surface area contributed by atoms with Gasteiger partial charge in [-0.1, -0.05) is 23.9 Å². The molecule has 162 valence electrons. The van der Waals surface area contributed by atoms with Crippen molar-refractivity contribution >= 4 is 17.7 Å². The van der Waals surface area contributed by atoms with Gasteiger partial charge in [0, 0.05) is 23.6 Å². The van der Waals surface area contributed by atoms with Gasteiger partial charge in [0.05, 0.1) is 18.1 Å². The molecule has 0 saturated heterocycles. The summed E-state index contributed by atoms with van der Waals surface area (Å²) in [5, 5.41) is 11.4. The highest BCUT2D eigenvalue weighted by atomic mass is 32.2. The second-order valence-corrected chi connectivity index (χ2v) is 8.01. The van der Waals surface area contributed by atoms with Crippen LogP contribution in [0, 0.1) is 0 Å². The summed E-state index contributed by atoms with van der Waals surface area (Å²) in [6.07, 6.45) is 5.36. The summed E-state index contributed by atoms with van der Waals surface area (Å²) in [5.74, 6) is 1.73. The molecule has 0 saturated carbocycles. The smallest absolute Gasteiger partial charge is 0.277 e. The fourth-order valence-corrected chi connectivity index (χ4v) is 3.83. The first-order valence-electron chi connectivity index (χ1n) is 9.90. The number of aromatic nitrogens is 4. The second-order valence-electron chi connectivity index (χ2n) is 7.08. The Kier molecular flexibility index (Phi) is 5.51. The molecule has 1 unspecified atom stereocenters. The van der Waals surface area contributed by atoms with E-state index in [9.17, 15) is 4.79 Å². The maximum atomic E-state index is 12.4. The Bertz CT molecular complexity index is 1220. The van der Waals surface area contributed by atoms with Crippen molar-refractivity contribution in [2.24, 2.45) is 0 Å². The van der Waals surface area contributed by atoms with Gasteiger partial charge in [0.15, 0.2) is 11.5 Å². The lowest BCUT2D eigenvalue weighted by Crippen LogP contribution is -2.28. The molecule has 1 N–H and O–H groups in total. The van der Waals surface area contributed by atoms with E-state index in [2.05, 4.69) is 20.5 Å². The lowest BCUT2D eigenvalue weighted by atomic mass is 10.1. The minimum absolute atomic E-state index is 0.121. The van der Waals surface area contributed by atoms with E-state index in [-0.39, 0.29) is 24.5 Å². The Hall–Kier alpha value is -3.79. The second kappa shape index (κ2) is 8.75. The van der Waals surface area contributed by atoms with Gasteiger partial charge in [-0.15, -0.1) is 10.2 Å². The maximum Gasteiger partial charge on any atom is 0.277 e. The van der Waals surface area contributed by atoms with E-state index >= 15 is 0 Å². The third-order valence-electron chi connectivity index (χ3n) is 4.93. The predicted octanol–water partition coefficient (Wildman–Crippen LogP) is 3.62. The number of benzene rings is 2. The number of nitrogens with one attached hydrogen (secondary N) is 1. The first-order chi connectivity index (χ1) is 15.7. The number of carbonyl (C=O) groups is 1. The molecule has 1 aliphatic heterocycles. The molecule has 10 heteroatoms. The monoisotopic (exact) mass is 449 g/mol. The highest BCUT2D eigenvalue weighted by Gasteiger charge is 2.17. The zero-order chi connectivity index (χ0) is 21.9. The van der Waals surface area contributed by atoms with Crippen molar-refractivity contribution in [3.8, 4) is 28.6 Å². The van der Waals surface area contributed by atoms with E-state index in [1.54, 1.807) is 24.7 Å². The molecular weight excluding hydrogens is 430 g/mol. The highest BCUT2D eigenvalue weighted by Crippen LogP contribution is 2.36. The lowest BCUT2D eigenvalue weighted by Gasteiger charge is -2.14. The molecule has 9 nitrogen and oxygen atoms in total. The molecule has 3 heterocycles. The first-order valence-corrected chi connectivity index (χ1v) is 10.9. The number of rotatable bonds is 7. The van der Waals surface area contributed by atoms with Gasteiger partial charge in [0.25, 0.3) is 5.22 Å². The molecule has 4 aromatic rings. The van der Waals surface area contributed by atoms with Gasteiger partial charge in [0.2, 0.25) is 18.6 Å². The number of nitrogens with zero attached hydrogens (tertiary/aromatic N) is 4. The summed E-state index contributed by atoms with van der Waals surface area (Å²) in [4.78, 5) is 16.4. The summed E-state index contributed by atoms with van der Waals surface area (Å²) in [6, 6.07) is 13.2. The van der Waals surface area contributed by atoms with E-state index in [0.29, 0.717) is 22.6 Å². The van der Waals surface area contributed by atoms with Crippen molar-refractivity contribution < 1.29 is 18.7 Å². The van der Waals surface area contributed by atoms with Crippen LogP contribution in [0.15, 0.2) is 70.8 Å². The number of hydrogen-bond donors (Lipinski definition) is 1. The van der Waals surface area contributed by atoms with Crippen molar-refractivity contribution in [1.82, 2.24) is 25.1 Å². The summed E-state index contributed by atoms with van der Waals surface area (Å²) in [5.41, 5.74) is 2.75. The van der Waals surface area contributed by atoms with E-state index < -0.39 is 0 Å². The minimum Gasteiger partial charge on any atom is -0.454 e. The van der Waals surface area contributed by atoms with Gasteiger partial charge in [-0.3, -0.25) is 4.79 Å². The molecule has 0 fully saturated rings. The minimum atomic E-state index is -0.133. The Morgan fingerprint density at radius 3 is 2.81 bits per heavy atom. The van der Waals surface area contributed by atoms with Gasteiger partial charge < -0.3 is 23.8 Å². The van der Waals surface area contributed by atoms with Crippen molar-refractivity contribution in [3.63, 3.8) is 0 Å². The Balaban J connectivity index is 1.15. The topological polar surface area (TPSA) is 104 Å². The Morgan fingerprint density at radius 2 is 2.00 bits per heavy atom. The molecule has 5 rings (SSSR count). The average Bonchev–Trinajstić information content (AvgIpc) is 3.59. The number of amides is 1. The molecule has 1 atom stereocenters. The number of imidazole rings is 1. The summed E-state index contributed by atoms with van der Waals surface area (Å²) in [7, 11) is 0. The molecule has 0 spiro atoms. The number of ether oxygens (including phenoxy) is 2. The van der Waals surface area contributed by atoms with Crippen LogP contribution in [0.3, 0.4) is 0 Å². The van der Waals surface area contributed by atoms with Gasteiger partial charge in [0.1, 0.15) is 0 Å². The Labute approximate surface area is 187 Å². The fraction of sp³-hybridized carbons (Fsp3) is 0.182. The molecule has 32 heavy (non-hydrogen) atoms. The standard InChI is InChI=1S/C22H19N5O4S/c1-14(15-2-5-17(6-3-15)27-9-8-23-12-27)24-20(28)11-32-22-26-25-21(31-22)16-4-7-18-19(10-16)30-13-29-18/h2-10,12,14H,11,13H2,1H3,(H,24,28). The van der Waals surface area contributed by atoms with Gasteiger partial charge in [-0.25, -0.2) is 4.98 Å². The van der Waals surface area contributed by atoms with Crippen LogP contribution in [-0.2, 0) is 4.79 Å². The van der Waals surface area contributed by atoms with Crippen LogP contribution in [0.25, 0.3) is 17.1 Å². The van der Waals surface area contributed by atoms with E-state index in [4.69, 9.17) is 13.9 Å². The van der Waals surface area contributed by atoms with Crippen LogP contribution in [0.5, 0.6) is 11.5 Å². The van der Waals surface area contributed by atoms with Crippen LogP contribution in [0.2, 0.25) is 0 Å². The summed E-state index contributed by atoms with van der Waals surface area (Å²) >= 11 is 1.19. The van der Waals surface area contributed by atoms with Crippen LogP contribution in [0.4, 0.5) is 0 Å². The summed E-state index contributed by atoms with van der Waals surface area (Å²) in [6.45, 7) is 2.14. The molecule has 2 aromatic heterocycles. The van der Waals surface area contributed by atoms with Crippen molar-refractivity contribution in [2.45, 2.75) is 18.2 Å². The molecule has 0 bridgehead atoms. The number of thioether (sulfide) groups is 1. The van der Waals surface area contributed by atoms with Crippen LogP contribution >= 0.6 is 11.8 Å². The van der Waals surface area contributed by atoms with Gasteiger partial charge >= 0.3 is 0 Å². The normalized spacial score (nSPS) is 13.2. The Morgan fingerprint density at radius 1 is 1.16 bits per heavy atom. The zero-order valence-electron chi connectivity index (χ0n) is 17.1. The third-order valence-corrected chi connectivity index (χ3v) is 5.74. The van der Waals surface area contributed by atoms with E-state index in [1.165, 1.54) is 11.8 Å². The third kappa shape index (κ3) is 4.30. The zero-order valence-corrected chi connectivity index (χ0v) is 17.9. The SMILES string of the molecule is CC(NC(=O)CSc1nnc(-c2ccc3c(c2)OCO3)o1)c1ccc(-n2ccnc2)cc1. The number of carbonyl (C=O) groups excluding carboxylic acids is 1. The largest absolute Gasteiger partial charge is 0.454 e. The molecule has 2 aromatic carbocycles. The van der Waals surface area contributed by atoms with Crippen molar-refractivity contribution in [3.05, 3.63) is 66.7 Å². The predicted molar refractivity (Wildman–Crippen MR) is 117 cm³/mol. The molecule has 1 amide bonds. The maximum absolute atomic E-state index is 12.4. The molecule has 0 aliphatic carbocycles. The van der Waals surface area contributed by atoms with E-state index in [0.717, 1.165) is 16.8 Å². The van der Waals surface area contributed by atoms with Crippen molar-refractivity contribution in [2.75, 3.05) is 12.5 Å². The van der Waals surface area contributed by atoms with Crippen LogP contribution in [0.1, 0.15) is 18.5 Å². The quantitative estimate of drug-likeness (QED) is 0.427. The highest BCUT2D eigenvalue weighted by molar-refractivity contribution is 7.99. The van der Waals surface area contributed by atoms with Gasteiger partial charge in [-0.2, -0.15) is 0 Å². The number of hydrogen-bond acceptors (Lipinski definition) is 8. The molecule has 1 aliphatic rings. The molecular formula is C22H19N5O4S. The fourth-order valence-electron chi connectivity index (χ4n) is 3.26. The molecule has 0 radical (unpaired) electrons. The van der Waals surface area contributed by atoms with Crippen LogP contribution in [-0.4, -0.2) is 38.2 Å². The summed E-state index contributed by atoms with van der Waals surface area (Å²) < 4.78 is 18.3. The first kappa shape index (κ1) is 20.1. The number of fused-ring (bicyclic) bond motifs is 1.